The molecule has 4 heterocycles. The molecule has 23 nitrogen and oxygen atoms in total. The van der Waals surface area contributed by atoms with Gasteiger partial charge >= 0.3 is 29.9 Å². The summed E-state index contributed by atoms with van der Waals surface area (Å²) in [6.45, 7) is 27.3. The summed E-state index contributed by atoms with van der Waals surface area (Å²) in [5, 5.41) is 63.3. The van der Waals surface area contributed by atoms with Crippen molar-refractivity contribution in [3.05, 3.63) is 178 Å². The highest BCUT2D eigenvalue weighted by Gasteiger charge is 2.49. The van der Waals surface area contributed by atoms with Crippen molar-refractivity contribution in [1.82, 2.24) is 24.9 Å². The molecule has 626 valence electrons. The minimum Gasteiger partial charge on any atom is -0.481 e. The molecule has 8 N–H and O–H groups in total. The first-order chi connectivity index (χ1) is 56.4. The van der Waals surface area contributed by atoms with Crippen LogP contribution in [0.2, 0.25) is 10.0 Å². The molecule has 15 rings (SSSR count). The number of pyridine rings is 3. The molecule has 7 saturated carbocycles. The van der Waals surface area contributed by atoms with Gasteiger partial charge in [0.1, 0.15) is 11.6 Å². The molecule has 7 aliphatic carbocycles. The number of carboxylic acid groups (broad SMARTS) is 4. The first-order valence-electron chi connectivity index (χ1n) is 42.1. The summed E-state index contributed by atoms with van der Waals surface area (Å²) in [4.78, 5) is 79.4. The van der Waals surface area contributed by atoms with E-state index in [1.807, 2.05) is 79.7 Å². The van der Waals surface area contributed by atoms with Crippen molar-refractivity contribution in [3.63, 3.8) is 0 Å². The summed E-state index contributed by atoms with van der Waals surface area (Å²) < 4.78 is 5.32. The predicted molar refractivity (Wildman–Crippen MR) is 471 cm³/mol. The molecule has 0 saturated heterocycles. The van der Waals surface area contributed by atoms with Gasteiger partial charge < -0.3 is 66.0 Å². The summed E-state index contributed by atoms with van der Waals surface area (Å²) >= 11 is 12.0. The number of carboxylic acids is 4. The van der Waals surface area contributed by atoms with E-state index in [1.165, 1.54) is 51.4 Å². The number of ether oxygens (including phenoxy) is 1. The lowest BCUT2D eigenvalue weighted by Gasteiger charge is -2.39. The molecule has 4 aromatic heterocycles. The fourth-order valence-electron chi connectivity index (χ4n) is 15.6. The summed E-state index contributed by atoms with van der Waals surface area (Å²) in [7, 11) is 0. The molecule has 0 unspecified atom stereocenters. The van der Waals surface area contributed by atoms with Crippen molar-refractivity contribution >= 4 is 116 Å². The van der Waals surface area contributed by atoms with E-state index < -0.39 is 45.5 Å². The number of rotatable bonds is 34. The zero-order valence-corrected chi connectivity index (χ0v) is 71.5. The standard InChI is InChI=1S/C25H29N3O2.C23H28ClN3O2.C23H32N4O3.C22H27ClN4O2/c1-17(2)28(16-19-4-5-19)23-11-8-20(25(24(29)30)12-3-13-25)14-22(23)27-21-9-6-18(15-26)7-10-21;1-15(2)27(14-16-4-5-16)20-8-6-17(23(22(28)29)10-3-11-23)12-19(20)26-21-9-7-18(24)13-25-21;1-6-30-22-24-12-18(13-25-22)26-19-11-17(23(4,5)21(28)29)9-10-20(19)27(15(2)3)14-16-7-8-16;1-14(2)27(13-15-4-5-15)20-18(26-19-7-6-17(23)12-24-19)10-16(11-25-20)22(21(28)29)8-3-9-22/h6-11,14,17,19,27H,3-5,12-13,16H2,1-2H3,(H,29,30);6-9,12-13,15-16H,3-5,10-11,14H2,1-2H3,(H,25,26)(H,28,29);9-13,15-16,26H,6-8,14H2,1-5H3,(H,28,29);6-7,10-12,14-15H,3-5,8-9,13H2,1-2H3,(H,24,26)(H,28,29). The second-order valence-electron chi connectivity index (χ2n) is 34.8. The van der Waals surface area contributed by atoms with E-state index >= 15 is 0 Å². The number of hydrogen-bond donors (Lipinski definition) is 8. The van der Waals surface area contributed by atoms with Crippen LogP contribution in [-0.2, 0) is 40.8 Å². The molecule has 7 fully saturated rings. The topological polar surface area (TPSA) is 308 Å². The van der Waals surface area contributed by atoms with Gasteiger partial charge in [0.05, 0.1) is 108 Å². The first kappa shape index (κ1) is 86.9. The fourth-order valence-corrected chi connectivity index (χ4v) is 15.8. The summed E-state index contributed by atoms with van der Waals surface area (Å²) in [6, 6.07) is 38.5. The summed E-state index contributed by atoms with van der Waals surface area (Å²) in [6.07, 6.45) is 25.4. The molecule has 0 radical (unpaired) electrons. The number of benzene rings is 4. The minimum atomic E-state index is -0.997. The summed E-state index contributed by atoms with van der Waals surface area (Å²) in [5.74, 6) is 2.02. The van der Waals surface area contributed by atoms with Crippen molar-refractivity contribution in [2.24, 2.45) is 23.7 Å². The molecule has 7 aliphatic rings. The van der Waals surface area contributed by atoms with Crippen molar-refractivity contribution < 1.29 is 44.3 Å². The van der Waals surface area contributed by atoms with Crippen molar-refractivity contribution in [2.75, 3.05) is 73.7 Å². The van der Waals surface area contributed by atoms with E-state index in [4.69, 9.17) is 38.2 Å². The number of hydrogen-bond acceptors (Lipinski definition) is 19. The highest BCUT2D eigenvalue weighted by molar-refractivity contribution is 6.30. The maximum Gasteiger partial charge on any atom is 0.316 e. The second-order valence-corrected chi connectivity index (χ2v) is 35.7. The normalized spacial score (nSPS) is 16.6. The molecule has 0 bridgehead atoms. The smallest absolute Gasteiger partial charge is 0.316 e. The Kier molecular flexibility index (Phi) is 27.7. The molecular formula is C93H116Cl2N14O9. The summed E-state index contributed by atoms with van der Waals surface area (Å²) in [5.41, 5.74) is 8.83. The Morgan fingerprint density at radius 3 is 1.21 bits per heavy atom. The SMILES string of the molecule is CC(C)N(CC1CC1)c1ccc(C2(C(=O)O)CCC2)cc1Nc1ccc(C#N)cc1.CC(C)N(CC1CC1)c1ccc(C2(C(=O)O)CCC2)cc1Nc1ccc(Cl)cn1.CC(C)N(CC1CC1)c1ncc(C2(C(=O)O)CCC2)cc1Nc1ccc(Cl)cn1.CCOc1ncc(Nc2cc(C(C)(C)C(=O)O)ccc2N(CC2CC2)C(C)C)cn1. The van der Waals surface area contributed by atoms with Gasteiger partial charge in [-0.05, 0) is 303 Å². The number of halogens is 2. The average molecular weight is 1640 g/mol. The van der Waals surface area contributed by atoms with Gasteiger partial charge in [-0.15, -0.1) is 0 Å². The third kappa shape index (κ3) is 21.0. The minimum absolute atomic E-state index is 0.282. The highest BCUT2D eigenvalue weighted by atomic mass is 35.5. The number of anilines is 12. The Bertz CT molecular complexity index is 4690. The van der Waals surface area contributed by atoms with Gasteiger partial charge in [0, 0.05) is 74.6 Å². The molecule has 25 heteroatoms. The van der Waals surface area contributed by atoms with Crippen LogP contribution in [0.3, 0.4) is 0 Å². The van der Waals surface area contributed by atoms with Crippen molar-refractivity contribution in [3.8, 4) is 12.1 Å². The highest BCUT2D eigenvalue weighted by Crippen LogP contribution is 2.51. The maximum atomic E-state index is 12.1. The number of nitriles is 1. The van der Waals surface area contributed by atoms with E-state index in [9.17, 15) is 39.6 Å². The Morgan fingerprint density at radius 1 is 0.466 bits per heavy atom. The molecule has 0 spiro atoms. The molecule has 4 aromatic carbocycles. The monoisotopic (exact) mass is 1640 g/mol. The Hall–Kier alpha value is -10.4. The zero-order chi connectivity index (χ0) is 84.4. The van der Waals surface area contributed by atoms with Crippen molar-refractivity contribution in [1.29, 1.82) is 5.26 Å². The van der Waals surface area contributed by atoms with Crippen LogP contribution in [-0.4, -0.2) is 126 Å². The molecule has 8 aromatic rings. The van der Waals surface area contributed by atoms with Crippen LogP contribution in [0.1, 0.15) is 213 Å². The van der Waals surface area contributed by atoms with Crippen LogP contribution in [0.25, 0.3) is 0 Å². The van der Waals surface area contributed by atoms with E-state index in [0.29, 0.717) is 102 Å². The third-order valence-electron chi connectivity index (χ3n) is 24.4. The van der Waals surface area contributed by atoms with E-state index in [0.717, 1.165) is 142 Å². The lowest BCUT2D eigenvalue weighted by molar-refractivity contribution is -0.148. The van der Waals surface area contributed by atoms with Gasteiger partial charge in [0.2, 0.25) is 0 Å². The van der Waals surface area contributed by atoms with E-state index in [-0.39, 0.29) is 6.04 Å². The molecular weight excluding hydrogens is 1530 g/mol. The predicted octanol–water partition coefficient (Wildman–Crippen LogP) is 20.7. The van der Waals surface area contributed by atoms with Crippen LogP contribution < -0.4 is 45.6 Å². The maximum absolute atomic E-state index is 12.1. The van der Waals surface area contributed by atoms with Gasteiger partial charge in [-0.2, -0.15) is 5.26 Å². The Balaban J connectivity index is 0.000000145. The van der Waals surface area contributed by atoms with E-state index in [2.05, 4.69) is 134 Å². The number of aliphatic carboxylic acids is 4. The van der Waals surface area contributed by atoms with E-state index in [1.54, 1.807) is 69.1 Å². The average Bonchev–Trinajstić information content (AvgIpc) is 1.49. The Morgan fingerprint density at radius 2 is 0.847 bits per heavy atom. The van der Waals surface area contributed by atoms with Gasteiger partial charge in [-0.3, -0.25) is 19.2 Å². The fraction of sp³-hybridized carbons (Fsp3) is 0.484. The lowest BCUT2D eigenvalue weighted by Crippen LogP contribution is -2.42. The van der Waals surface area contributed by atoms with Gasteiger partial charge in [0.15, 0.2) is 5.82 Å². The van der Waals surface area contributed by atoms with Crippen LogP contribution in [0.15, 0.2) is 140 Å². The van der Waals surface area contributed by atoms with Crippen LogP contribution in [0.5, 0.6) is 6.01 Å². The van der Waals surface area contributed by atoms with Gasteiger partial charge in [0.25, 0.3) is 0 Å². The molecule has 0 atom stereocenters. The largest absolute Gasteiger partial charge is 0.481 e. The lowest BCUT2D eigenvalue weighted by atomic mass is 9.64. The second kappa shape index (κ2) is 37.7. The Labute approximate surface area is 704 Å². The number of nitrogens with one attached hydrogen (secondary N) is 4. The molecule has 0 amide bonds. The first-order valence-corrected chi connectivity index (χ1v) is 42.9. The van der Waals surface area contributed by atoms with Crippen LogP contribution >= 0.6 is 23.2 Å². The number of nitrogens with zero attached hydrogens (tertiary/aromatic N) is 10. The third-order valence-corrected chi connectivity index (χ3v) is 24.8. The number of carbonyl (C=O) groups is 4. The molecule has 118 heavy (non-hydrogen) atoms. The molecule has 0 aliphatic heterocycles. The van der Waals surface area contributed by atoms with Crippen LogP contribution in [0.4, 0.5) is 68.6 Å². The van der Waals surface area contributed by atoms with Gasteiger partial charge in [-0.1, -0.05) is 60.7 Å². The van der Waals surface area contributed by atoms with Crippen LogP contribution in [0, 0.1) is 35.0 Å². The van der Waals surface area contributed by atoms with Crippen molar-refractivity contribution in [2.45, 2.75) is 231 Å². The zero-order valence-electron chi connectivity index (χ0n) is 70.0. The number of aromatic nitrogens is 5. The quantitative estimate of drug-likeness (QED) is 0.0186. The van der Waals surface area contributed by atoms with Gasteiger partial charge in [-0.25, -0.2) is 24.9 Å².